The number of para-hydroxylation sites is 1. The molecule has 0 spiro atoms. The molecule has 0 aliphatic rings. The number of hydrogen-bond donors (Lipinski definition) is 1. The molecule has 3 aromatic rings. The van der Waals surface area contributed by atoms with Crippen LogP contribution in [0, 0.1) is 0 Å². The Morgan fingerprint density at radius 1 is 1.12 bits per heavy atom. The van der Waals surface area contributed by atoms with Gasteiger partial charge in [-0.2, -0.15) is 0 Å². The average Bonchev–Trinajstić information content (AvgIpc) is 3.01. The molecular formula is C17H17N5OS. The van der Waals surface area contributed by atoms with Crippen LogP contribution in [-0.4, -0.2) is 31.9 Å². The van der Waals surface area contributed by atoms with Gasteiger partial charge in [0.15, 0.2) is 0 Å². The van der Waals surface area contributed by atoms with Crippen molar-refractivity contribution in [2.45, 2.75) is 11.6 Å². The van der Waals surface area contributed by atoms with Gasteiger partial charge in [0.05, 0.1) is 0 Å². The number of nitrogens with zero attached hydrogens (tertiary/aromatic N) is 4. The van der Waals surface area contributed by atoms with Crippen molar-refractivity contribution in [2.24, 2.45) is 7.05 Å². The molecule has 1 aromatic heterocycles. The van der Waals surface area contributed by atoms with Gasteiger partial charge in [0.1, 0.15) is 0 Å². The third-order valence-electron chi connectivity index (χ3n) is 3.43. The van der Waals surface area contributed by atoms with Crippen molar-refractivity contribution in [1.29, 1.82) is 0 Å². The SMILES string of the molecule is Cn1nnnc1SCCC(=O)Nc1ccccc1-c1ccccc1. The highest BCUT2D eigenvalue weighted by Crippen LogP contribution is 2.27. The molecule has 0 saturated carbocycles. The monoisotopic (exact) mass is 339 g/mol. The van der Waals surface area contributed by atoms with Gasteiger partial charge in [-0.15, -0.1) is 5.10 Å². The largest absolute Gasteiger partial charge is 0.325 e. The smallest absolute Gasteiger partial charge is 0.225 e. The number of hydrogen-bond acceptors (Lipinski definition) is 5. The van der Waals surface area contributed by atoms with Crippen LogP contribution in [0.4, 0.5) is 5.69 Å². The van der Waals surface area contributed by atoms with Crippen molar-refractivity contribution in [3.8, 4) is 11.1 Å². The third-order valence-corrected chi connectivity index (χ3v) is 4.44. The van der Waals surface area contributed by atoms with Gasteiger partial charge in [-0.25, -0.2) is 4.68 Å². The van der Waals surface area contributed by atoms with Crippen LogP contribution in [0.15, 0.2) is 59.8 Å². The molecule has 1 heterocycles. The van der Waals surface area contributed by atoms with Gasteiger partial charge in [0, 0.05) is 30.5 Å². The molecule has 0 bridgehead atoms. The maximum absolute atomic E-state index is 12.2. The first-order chi connectivity index (χ1) is 11.7. The van der Waals surface area contributed by atoms with E-state index in [1.165, 1.54) is 11.8 Å². The fraction of sp³-hybridized carbons (Fsp3) is 0.176. The molecule has 122 valence electrons. The van der Waals surface area contributed by atoms with E-state index < -0.39 is 0 Å². The maximum atomic E-state index is 12.2. The number of nitrogens with one attached hydrogen (secondary N) is 1. The summed E-state index contributed by atoms with van der Waals surface area (Å²) in [6.07, 6.45) is 0.390. The van der Waals surface area contributed by atoms with E-state index in [0.717, 1.165) is 16.8 Å². The van der Waals surface area contributed by atoms with E-state index >= 15 is 0 Å². The van der Waals surface area contributed by atoms with Crippen LogP contribution in [0.1, 0.15) is 6.42 Å². The number of aromatic nitrogens is 4. The highest BCUT2D eigenvalue weighted by Gasteiger charge is 2.09. The van der Waals surface area contributed by atoms with Gasteiger partial charge >= 0.3 is 0 Å². The second-order valence-corrected chi connectivity index (χ2v) is 6.21. The zero-order valence-corrected chi connectivity index (χ0v) is 14.0. The molecule has 7 heteroatoms. The highest BCUT2D eigenvalue weighted by molar-refractivity contribution is 7.99. The van der Waals surface area contributed by atoms with Crippen molar-refractivity contribution < 1.29 is 4.79 Å². The van der Waals surface area contributed by atoms with Crippen LogP contribution in [0.5, 0.6) is 0 Å². The Bertz CT molecular complexity index is 819. The predicted molar refractivity (Wildman–Crippen MR) is 94.6 cm³/mol. The number of carbonyl (C=O) groups is 1. The maximum Gasteiger partial charge on any atom is 0.225 e. The number of aryl methyl sites for hydroxylation is 1. The molecule has 1 N–H and O–H groups in total. The average molecular weight is 339 g/mol. The van der Waals surface area contributed by atoms with E-state index in [1.807, 2.05) is 54.6 Å². The van der Waals surface area contributed by atoms with Gasteiger partial charge in [-0.05, 0) is 22.1 Å². The molecule has 0 aliphatic carbocycles. The molecule has 0 atom stereocenters. The van der Waals surface area contributed by atoms with Crippen LogP contribution < -0.4 is 5.32 Å². The molecule has 0 radical (unpaired) electrons. The van der Waals surface area contributed by atoms with E-state index in [4.69, 9.17) is 0 Å². The minimum atomic E-state index is -0.0268. The van der Waals surface area contributed by atoms with Crippen LogP contribution in [0.25, 0.3) is 11.1 Å². The van der Waals surface area contributed by atoms with E-state index in [9.17, 15) is 4.79 Å². The van der Waals surface area contributed by atoms with Crippen molar-refractivity contribution in [3.63, 3.8) is 0 Å². The van der Waals surface area contributed by atoms with Gasteiger partial charge < -0.3 is 5.32 Å². The molecule has 0 unspecified atom stereocenters. The number of tetrazole rings is 1. The Labute approximate surface area is 144 Å². The molecule has 0 saturated heterocycles. The second kappa shape index (κ2) is 7.74. The Kier molecular flexibility index (Phi) is 5.22. The number of rotatable bonds is 6. The van der Waals surface area contributed by atoms with Crippen LogP contribution in [-0.2, 0) is 11.8 Å². The zero-order valence-electron chi connectivity index (χ0n) is 13.2. The molecule has 24 heavy (non-hydrogen) atoms. The quantitative estimate of drug-likeness (QED) is 0.699. The first-order valence-corrected chi connectivity index (χ1v) is 8.52. The Hall–Kier alpha value is -2.67. The van der Waals surface area contributed by atoms with E-state index in [1.54, 1.807) is 11.7 Å². The molecular weight excluding hydrogens is 322 g/mol. The fourth-order valence-corrected chi connectivity index (χ4v) is 3.04. The number of benzene rings is 2. The van der Waals surface area contributed by atoms with Crippen molar-refractivity contribution in [1.82, 2.24) is 20.2 Å². The zero-order chi connectivity index (χ0) is 16.8. The van der Waals surface area contributed by atoms with Gasteiger partial charge in [-0.1, -0.05) is 60.3 Å². The topological polar surface area (TPSA) is 72.7 Å². The number of anilines is 1. The van der Waals surface area contributed by atoms with Crippen LogP contribution in [0.3, 0.4) is 0 Å². The second-order valence-electron chi connectivity index (χ2n) is 5.14. The van der Waals surface area contributed by atoms with Crippen LogP contribution >= 0.6 is 11.8 Å². The Morgan fingerprint density at radius 2 is 1.88 bits per heavy atom. The van der Waals surface area contributed by atoms with Crippen molar-refractivity contribution in [2.75, 3.05) is 11.1 Å². The molecule has 0 aliphatic heterocycles. The minimum Gasteiger partial charge on any atom is -0.325 e. The molecule has 3 rings (SSSR count). The number of carbonyl (C=O) groups excluding carboxylic acids is 1. The lowest BCUT2D eigenvalue weighted by atomic mass is 10.0. The molecule has 1 amide bonds. The normalized spacial score (nSPS) is 10.5. The summed E-state index contributed by atoms with van der Waals surface area (Å²) in [5.41, 5.74) is 2.91. The van der Waals surface area contributed by atoms with Gasteiger partial charge in [0.2, 0.25) is 11.1 Å². The number of amides is 1. The molecule has 0 fully saturated rings. The summed E-state index contributed by atoms with van der Waals surface area (Å²) < 4.78 is 1.59. The van der Waals surface area contributed by atoms with Crippen LogP contribution in [0.2, 0.25) is 0 Å². The van der Waals surface area contributed by atoms with E-state index in [2.05, 4.69) is 20.8 Å². The highest BCUT2D eigenvalue weighted by atomic mass is 32.2. The first-order valence-electron chi connectivity index (χ1n) is 7.53. The summed E-state index contributed by atoms with van der Waals surface area (Å²) in [7, 11) is 1.78. The summed E-state index contributed by atoms with van der Waals surface area (Å²) in [6, 6.07) is 17.8. The van der Waals surface area contributed by atoms with Gasteiger partial charge in [-0.3, -0.25) is 4.79 Å². The molecule has 6 nitrogen and oxygen atoms in total. The lowest BCUT2D eigenvalue weighted by Gasteiger charge is -2.11. The molecule has 2 aromatic carbocycles. The van der Waals surface area contributed by atoms with Crippen molar-refractivity contribution >= 4 is 23.4 Å². The van der Waals surface area contributed by atoms with Crippen molar-refractivity contribution in [3.05, 3.63) is 54.6 Å². The Balaban J connectivity index is 1.62. The third kappa shape index (κ3) is 3.99. The van der Waals surface area contributed by atoms with E-state index in [0.29, 0.717) is 17.3 Å². The summed E-state index contributed by atoms with van der Waals surface area (Å²) in [5.74, 6) is 0.592. The summed E-state index contributed by atoms with van der Waals surface area (Å²) in [4.78, 5) is 12.2. The summed E-state index contributed by atoms with van der Waals surface area (Å²) in [5, 5.41) is 14.9. The first kappa shape index (κ1) is 16.2. The predicted octanol–water partition coefficient (Wildman–Crippen LogP) is 3.00. The van der Waals surface area contributed by atoms with Gasteiger partial charge in [0.25, 0.3) is 0 Å². The summed E-state index contributed by atoms with van der Waals surface area (Å²) in [6.45, 7) is 0. The summed E-state index contributed by atoms with van der Waals surface area (Å²) >= 11 is 1.46. The fourth-order valence-electron chi connectivity index (χ4n) is 2.25. The van der Waals surface area contributed by atoms with E-state index in [-0.39, 0.29) is 5.91 Å². The minimum absolute atomic E-state index is 0.0268. The lowest BCUT2D eigenvalue weighted by molar-refractivity contribution is -0.115. The Morgan fingerprint density at radius 3 is 2.62 bits per heavy atom. The lowest BCUT2D eigenvalue weighted by Crippen LogP contribution is -2.13. The standard InChI is InChI=1S/C17H17N5OS/c1-22-17(19-20-21-22)24-12-11-16(23)18-15-10-6-5-9-14(15)13-7-3-2-4-8-13/h2-10H,11-12H2,1H3,(H,18,23). The number of thioether (sulfide) groups is 1.